The largest absolute Gasteiger partial charge is 0.448 e. The van der Waals surface area contributed by atoms with Gasteiger partial charge < -0.3 is 80.0 Å². The van der Waals surface area contributed by atoms with Gasteiger partial charge in [0.15, 0.2) is 34.5 Å². The number of terminal acetylenes is 3. The van der Waals surface area contributed by atoms with Gasteiger partial charge in [-0.2, -0.15) is 0 Å². The van der Waals surface area contributed by atoms with Crippen LogP contribution in [0.5, 0.6) is 34.5 Å². The molecule has 3 fully saturated rings. The number of rotatable bonds is 14. The minimum absolute atomic E-state index is 0.0150. The second kappa shape index (κ2) is 32.2. The maximum Gasteiger partial charge on any atom is 0.407 e. The van der Waals surface area contributed by atoms with Gasteiger partial charge in [0, 0.05) is 143 Å². The van der Waals surface area contributed by atoms with Crippen LogP contribution in [0.4, 0.5) is 4.79 Å². The van der Waals surface area contributed by atoms with Crippen molar-refractivity contribution in [2.24, 2.45) is 23.5 Å². The predicted molar refractivity (Wildman–Crippen MR) is 414 cm³/mol. The molecule has 3 atom stereocenters. The van der Waals surface area contributed by atoms with Gasteiger partial charge in [0.1, 0.15) is 5.60 Å². The molecular formula is C85H105N9O14. The summed E-state index contributed by atoms with van der Waals surface area (Å²) >= 11 is 0. The number of fused-ring (bicyclic) bond motifs is 3. The topological polar surface area (TPSA) is 309 Å². The first-order valence-electron chi connectivity index (χ1n) is 37.3. The van der Waals surface area contributed by atoms with Crippen molar-refractivity contribution in [3.8, 4) is 71.5 Å². The van der Waals surface area contributed by atoms with Crippen molar-refractivity contribution in [1.82, 2.24) is 41.1 Å². The van der Waals surface area contributed by atoms with Crippen LogP contribution < -0.4 is 72.1 Å². The molecule has 0 bridgehead atoms. The molecule has 6 aliphatic rings. The number of hydrogen-bond acceptors (Lipinski definition) is 16. The van der Waals surface area contributed by atoms with Gasteiger partial charge in [0.25, 0.3) is 51.8 Å². The normalized spacial score (nSPS) is 22.9. The van der Waals surface area contributed by atoms with E-state index < -0.39 is 29.1 Å². The molecule has 3 aromatic heterocycles. The molecule has 3 aliphatic heterocycles. The number of alkyl carbamates (subject to hydrolysis) is 1. The molecular weight excluding hydrogens is 1370 g/mol. The number of H-pyrrole nitrogens is 3. The number of aromatic amines is 3. The van der Waals surface area contributed by atoms with Crippen molar-refractivity contribution in [1.29, 1.82) is 0 Å². The molecule has 23 heteroatoms. The minimum Gasteiger partial charge on any atom is -0.448 e. The van der Waals surface area contributed by atoms with Crippen molar-refractivity contribution in [3.05, 3.63) is 168 Å². The molecule has 3 aromatic carbocycles. The number of benzene rings is 3. The fourth-order valence-corrected chi connectivity index (χ4v) is 15.8. The van der Waals surface area contributed by atoms with Crippen LogP contribution in [0.25, 0.3) is 0 Å². The summed E-state index contributed by atoms with van der Waals surface area (Å²) in [6.45, 7) is 28.1. The quantitative estimate of drug-likeness (QED) is 0.0470. The third kappa shape index (κ3) is 17.4. The molecule has 23 nitrogen and oxygen atoms in total. The number of ether oxygens (including phenoxy) is 7. The minimum atomic E-state index is -0.961. The number of carbonyl (C=O) groups is 4. The van der Waals surface area contributed by atoms with Gasteiger partial charge in [-0.05, 0) is 227 Å². The molecule has 6 aromatic rings. The Morgan fingerprint density at radius 1 is 0.481 bits per heavy atom. The van der Waals surface area contributed by atoms with E-state index in [1.807, 2.05) is 115 Å². The summed E-state index contributed by atoms with van der Waals surface area (Å²) in [6, 6.07) is 11.4. The van der Waals surface area contributed by atoms with Crippen LogP contribution in [0.15, 0.2) is 50.8 Å². The Morgan fingerprint density at radius 3 is 1.05 bits per heavy atom. The highest BCUT2D eigenvalue weighted by atomic mass is 16.7. The Morgan fingerprint density at radius 2 is 0.769 bits per heavy atom. The van der Waals surface area contributed by atoms with Crippen LogP contribution in [-0.2, 0) is 24.4 Å². The number of pyridine rings is 3. The van der Waals surface area contributed by atoms with Gasteiger partial charge >= 0.3 is 6.09 Å². The summed E-state index contributed by atoms with van der Waals surface area (Å²) < 4.78 is 43.7. The molecule has 4 amide bonds. The number of hydrogen-bond donors (Lipinski definition) is 8. The highest BCUT2D eigenvalue weighted by molar-refractivity contribution is 5.99. The fraction of sp³-hybridized carbons (Fsp3) is 0.494. The summed E-state index contributed by atoms with van der Waals surface area (Å²) in [4.78, 5) is 99.3. The van der Waals surface area contributed by atoms with Crippen LogP contribution >= 0.6 is 0 Å². The lowest BCUT2D eigenvalue weighted by atomic mass is 9.81. The number of nitrogens with one attached hydrogen (secondary N) is 7. The first-order valence-corrected chi connectivity index (χ1v) is 37.3. The van der Waals surface area contributed by atoms with Crippen LogP contribution in [0.2, 0.25) is 0 Å². The fourth-order valence-electron chi connectivity index (χ4n) is 15.8. The van der Waals surface area contributed by atoms with E-state index >= 15 is 0 Å². The Balaban J connectivity index is 0.000000174. The van der Waals surface area contributed by atoms with Crippen molar-refractivity contribution >= 4 is 23.8 Å². The maximum absolute atomic E-state index is 13.2. The third-order valence-corrected chi connectivity index (χ3v) is 22.1. The molecule has 3 aliphatic carbocycles. The molecule has 3 unspecified atom stereocenters. The summed E-state index contributed by atoms with van der Waals surface area (Å²) in [7, 11) is 4.24. The first-order chi connectivity index (χ1) is 50.9. The van der Waals surface area contributed by atoms with E-state index in [4.69, 9.17) is 58.2 Å². The number of amides is 4. The average Bonchev–Trinajstić information content (AvgIpc) is 1.61. The van der Waals surface area contributed by atoms with Crippen LogP contribution in [-0.4, -0.2) is 98.8 Å². The molecule has 3 saturated carbocycles. The van der Waals surface area contributed by atoms with Gasteiger partial charge in [0.2, 0.25) is 0 Å². The van der Waals surface area contributed by atoms with E-state index in [0.29, 0.717) is 107 Å². The van der Waals surface area contributed by atoms with Crippen molar-refractivity contribution < 1.29 is 52.3 Å². The van der Waals surface area contributed by atoms with E-state index in [-0.39, 0.29) is 83.9 Å². The second-order valence-corrected chi connectivity index (χ2v) is 31.5. The number of nitrogens with zero attached hydrogens (tertiary/aromatic N) is 1. The standard InChI is InChI=1S/C31H39N3O6.C28H35N3O4.C26H31N3O4/c1-9-20-15-23(27(35)32-16-24-17(2)14-18(3)33-28(24)36)19(4)25-26(20)39-31(8,38-25)21-10-12-22(13-11-21)34-29(37)40-30(5,6)7;1-8-19-14-22(26(32)29-15-23-16(2)13-17(3)30-27(23)33)18(4)24-25(19)35-28(5,34-24)20-9-11-21(12-10-20)31(6)7;1-6-17-12-20(24(30)28-13-21-14(2)11-15(3)29-25(21)31)16(4)22-23(17)33-26(5,32-22)18-7-9-19(27)10-8-18/h1,14-15,21-22H,10-13,16H2,2-8H3,(H,32,35)(H,33,36)(H,34,37);1,13-14,20-21H,9-12,15H2,2-7H3,(H,29,32)(H,30,33);1,11-12,18-19H,7-10,13,27H2,2-5H3,(H,28,30)(H,29,31). The maximum atomic E-state index is 13.2. The van der Waals surface area contributed by atoms with Gasteiger partial charge in [-0.15, -0.1) is 19.3 Å². The smallest absolute Gasteiger partial charge is 0.407 e. The average molecular weight is 1480 g/mol. The molecule has 6 heterocycles. The van der Waals surface area contributed by atoms with Crippen molar-refractivity contribution in [3.63, 3.8) is 0 Å². The molecule has 108 heavy (non-hydrogen) atoms. The zero-order valence-corrected chi connectivity index (χ0v) is 65.5. The first kappa shape index (κ1) is 80.1. The van der Waals surface area contributed by atoms with Crippen LogP contribution in [0.1, 0.15) is 234 Å². The lowest BCUT2D eigenvalue weighted by Gasteiger charge is -2.39. The summed E-state index contributed by atoms with van der Waals surface area (Å²) in [5.41, 5.74) is 15.8. The van der Waals surface area contributed by atoms with Crippen molar-refractivity contribution in [2.45, 2.75) is 242 Å². The third-order valence-electron chi connectivity index (χ3n) is 22.1. The van der Waals surface area contributed by atoms with Gasteiger partial charge in [-0.1, -0.05) is 17.8 Å². The number of aromatic nitrogens is 3. The number of nitrogens with two attached hydrogens (primary N) is 1. The summed E-state index contributed by atoms with van der Waals surface area (Å²) in [5, 5.41) is 11.5. The summed E-state index contributed by atoms with van der Waals surface area (Å²) in [5.74, 6) is 7.77. The van der Waals surface area contributed by atoms with Gasteiger partial charge in [-0.25, -0.2) is 4.79 Å². The molecule has 0 radical (unpaired) electrons. The zero-order chi connectivity index (χ0) is 78.8. The number of carbonyl (C=O) groups excluding carboxylic acids is 4. The Hall–Kier alpha value is -10.4. The van der Waals surface area contributed by atoms with Crippen LogP contribution in [0.3, 0.4) is 0 Å². The van der Waals surface area contributed by atoms with E-state index in [1.165, 1.54) is 0 Å². The van der Waals surface area contributed by atoms with Crippen molar-refractivity contribution in [2.75, 3.05) is 14.1 Å². The SMILES string of the molecule is C#Cc1cc(C(=O)NCc2c(C)cc(C)[nH]c2=O)c(C)c2c1OC(C)(C1CCC(N(C)C)CC1)O2.C#Cc1cc(C(=O)NCc2c(C)cc(C)[nH]c2=O)c(C)c2c1OC(C)(C1CCC(N)CC1)O2.C#Cc1cc(C(=O)NCc2c(C)cc(C)[nH]c2=O)c(C)c2c1OC(C)(C1CCC(NC(=O)OC(C)(C)C)CC1)O2. The Labute approximate surface area is 633 Å². The lowest BCUT2D eigenvalue weighted by Crippen LogP contribution is -2.48. The van der Waals surface area contributed by atoms with E-state index in [9.17, 15) is 33.6 Å². The second-order valence-electron chi connectivity index (χ2n) is 31.5. The van der Waals surface area contributed by atoms with Crippen LogP contribution in [0, 0.1) is 117 Å². The van der Waals surface area contributed by atoms with E-state index in [1.54, 1.807) is 25.1 Å². The van der Waals surface area contributed by atoms with Gasteiger partial charge in [-0.3, -0.25) is 28.8 Å². The molecule has 12 rings (SSSR count). The Bertz CT molecular complexity index is 4820. The van der Waals surface area contributed by atoms with Gasteiger partial charge in [0.05, 0.1) is 16.7 Å². The molecule has 0 spiro atoms. The highest BCUT2D eigenvalue weighted by Gasteiger charge is 2.51. The molecule has 9 N–H and O–H groups in total. The monoisotopic (exact) mass is 1480 g/mol. The predicted octanol–water partition coefficient (Wildman–Crippen LogP) is 11.8. The zero-order valence-electron chi connectivity index (χ0n) is 65.5. The Kier molecular flexibility index (Phi) is 23.9. The number of aryl methyl sites for hydroxylation is 6. The highest BCUT2D eigenvalue weighted by Crippen LogP contribution is 2.53. The molecule has 574 valence electrons. The van der Waals surface area contributed by atoms with E-state index in [0.717, 1.165) is 111 Å². The summed E-state index contributed by atoms with van der Waals surface area (Å²) in [6.07, 6.45) is 27.9. The molecule has 0 saturated heterocycles. The lowest BCUT2D eigenvalue weighted by molar-refractivity contribution is -0.123. The van der Waals surface area contributed by atoms with E-state index in [2.05, 4.69) is 73.0 Å².